The summed E-state index contributed by atoms with van der Waals surface area (Å²) in [7, 11) is 1.57. The van der Waals surface area contributed by atoms with Gasteiger partial charge in [0.2, 0.25) is 11.8 Å². The number of methoxy groups -OCH3 is 1. The summed E-state index contributed by atoms with van der Waals surface area (Å²) < 4.78 is 5.40. The van der Waals surface area contributed by atoms with Gasteiger partial charge in [-0.05, 0) is 50.3 Å². The molecular weight excluding hydrogens is 524 g/mol. The van der Waals surface area contributed by atoms with Gasteiger partial charge in [-0.15, -0.1) is 0 Å². The summed E-state index contributed by atoms with van der Waals surface area (Å²) in [5.41, 5.74) is 1.84. The summed E-state index contributed by atoms with van der Waals surface area (Å²) in [6, 6.07) is 7.11. The van der Waals surface area contributed by atoms with Gasteiger partial charge in [-0.2, -0.15) is 5.26 Å². The summed E-state index contributed by atoms with van der Waals surface area (Å²) >= 11 is 0. The number of nitrogens with one attached hydrogen (secondary N) is 6. The fourth-order valence-electron chi connectivity index (χ4n) is 5.16. The Bertz CT molecular complexity index is 1420. The number of carbonyl (C=O) groups is 3. The molecule has 4 atom stereocenters. The number of nitrogens with zero attached hydrogens (tertiary/aromatic N) is 2. The lowest BCUT2D eigenvalue weighted by Crippen LogP contribution is -2.56. The van der Waals surface area contributed by atoms with E-state index in [1.807, 2.05) is 39.0 Å². The average molecular weight is 563 g/mol. The van der Waals surface area contributed by atoms with E-state index in [1.54, 1.807) is 19.4 Å². The van der Waals surface area contributed by atoms with E-state index < -0.39 is 29.9 Å². The number of aromatic nitrogens is 3. The molecule has 3 amide bonds. The number of rotatable bonds is 13. The molecule has 1 aromatic carbocycles. The topological polar surface area (TPSA) is 177 Å². The molecule has 0 aliphatic carbocycles. The maximum atomic E-state index is 13.7. The number of nitriles is 1. The minimum absolute atomic E-state index is 0.0913. The number of ether oxygens (including phenoxy) is 1. The molecule has 2 aromatic heterocycles. The minimum Gasteiger partial charge on any atom is -0.496 e. The summed E-state index contributed by atoms with van der Waals surface area (Å²) in [6.07, 6.45) is 2.98. The summed E-state index contributed by atoms with van der Waals surface area (Å²) in [4.78, 5) is 49.7. The molecule has 3 aromatic rings. The molecule has 12 nitrogen and oxygen atoms in total. The van der Waals surface area contributed by atoms with E-state index in [9.17, 15) is 19.6 Å². The highest BCUT2D eigenvalue weighted by atomic mass is 16.5. The van der Waals surface area contributed by atoms with Crippen LogP contribution in [0.15, 0.2) is 30.5 Å². The van der Waals surface area contributed by atoms with Crippen molar-refractivity contribution in [3.63, 3.8) is 0 Å². The van der Waals surface area contributed by atoms with Crippen LogP contribution >= 0.6 is 0 Å². The Balaban J connectivity index is 1.51. The first kappa shape index (κ1) is 29.6. The Morgan fingerprint density at radius 1 is 1.24 bits per heavy atom. The number of hydrogen-bond donors (Lipinski definition) is 6. The van der Waals surface area contributed by atoms with Crippen LogP contribution in [0.1, 0.15) is 55.1 Å². The zero-order valence-electron chi connectivity index (χ0n) is 23.8. The highest BCUT2D eigenvalue weighted by molar-refractivity contribution is 6.01. The number of fused-ring (bicyclic) bond motifs is 1. The normalized spacial score (nSPS) is 17.1. The van der Waals surface area contributed by atoms with Crippen molar-refractivity contribution in [2.75, 3.05) is 13.7 Å². The van der Waals surface area contributed by atoms with E-state index in [0.29, 0.717) is 37.4 Å². The van der Waals surface area contributed by atoms with Crippen molar-refractivity contribution in [3.8, 4) is 11.8 Å². The van der Waals surface area contributed by atoms with Crippen LogP contribution in [-0.2, 0) is 16.1 Å². The van der Waals surface area contributed by atoms with Crippen molar-refractivity contribution >= 4 is 28.6 Å². The molecule has 3 heterocycles. The van der Waals surface area contributed by atoms with Crippen LogP contribution in [-0.4, -0.2) is 64.5 Å². The molecule has 1 aliphatic heterocycles. The standard InChI is InChI=1S/C29H38N8O4/c1-16(2)10-23(37-29(40)24-12-20-21(35-24)6-5-7-26(20)41-4)28(39)36-22(11-18-8-9-31-27(18)38)25(13-30)33-15-19-14-32-17(3)34-19/h5-7,12,14,16,18,22-23,25,33,35H,8-11,15H2,1-4H3,(H,31,38)(H,32,34)(H,36,39)(H,37,40). The first-order valence-electron chi connectivity index (χ1n) is 13.9. The number of aromatic amines is 2. The molecule has 1 fully saturated rings. The maximum absolute atomic E-state index is 13.7. The third-order valence-electron chi connectivity index (χ3n) is 7.26. The maximum Gasteiger partial charge on any atom is 0.268 e. The van der Waals surface area contributed by atoms with E-state index in [2.05, 4.69) is 42.3 Å². The fraction of sp³-hybridized carbons (Fsp3) is 0.483. The van der Waals surface area contributed by atoms with E-state index in [-0.39, 0.29) is 24.2 Å². The van der Waals surface area contributed by atoms with E-state index in [0.717, 1.165) is 22.4 Å². The predicted octanol–water partition coefficient (Wildman–Crippen LogP) is 2.05. The zero-order valence-corrected chi connectivity index (χ0v) is 23.8. The molecule has 12 heteroatoms. The van der Waals surface area contributed by atoms with E-state index >= 15 is 0 Å². The molecule has 4 unspecified atom stereocenters. The smallest absolute Gasteiger partial charge is 0.268 e. The Hall–Kier alpha value is -4.37. The van der Waals surface area contributed by atoms with Crippen LogP contribution in [0.3, 0.4) is 0 Å². The number of imidazole rings is 1. The van der Waals surface area contributed by atoms with Gasteiger partial charge in [0.05, 0.1) is 19.2 Å². The SMILES string of the molecule is COc1cccc2[nH]c(C(=O)NC(CC(C)C)C(=O)NC(CC3CCNC3=O)C(C#N)NCc3cnc(C)[nH]3)cc12. The zero-order chi connectivity index (χ0) is 29.5. The predicted molar refractivity (Wildman–Crippen MR) is 153 cm³/mol. The third-order valence-corrected chi connectivity index (χ3v) is 7.26. The Morgan fingerprint density at radius 3 is 2.68 bits per heavy atom. The molecule has 1 aliphatic rings. The van der Waals surface area contributed by atoms with Crippen molar-refractivity contribution in [1.29, 1.82) is 5.26 Å². The second-order valence-electron chi connectivity index (χ2n) is 10.9. The molecule has 4 rings (SSSR count). The minimum atomic E-state index is -0.856. The summed E-state index contributed by atoms with van der Waals surface area (Å²) in [5.74, 6) is 0.223. The molecule has 0 radical (unpaired) electrons. The molecule has 41 heavy (non-hydrogen) atoms. The third kappa shape index (κ3) is 7.43. The van der Waals surface area contributed by atoms with Crippen molar-refractivity contribution in [3.05, 3.63) is 47.7 Å². The largest absolute Gasteiger partial charge is 0.496 e. The Labute approximate surface area is 239 Å². The lowest BCUT2D eigenvalue weighted by atomic mass is 9.93. The van der Waals surface area contributed by atoms with Gasteiger partial charge < -0.3 is 30.7 Å². The number of H-pyrrole nitrogens is 2. The Kier molecular flexibility index (Phi) is 9.62. The quantitative estimate of drug-likeness (QED) is 0.185. The van der Waals surface area contributed by atoms with Gasteiger partial charge in [0.1, 0.15) is 29.4 Å². The average Bonchev–Trinajstić information content (AvgIpc) is 3.67. The Morgan fingerprint density at radius 2 is 2.05 bits per heavy atom. The highest BCUT2D eigenvalue weighted by Crippen LogP contribution is 2.26. The molecule has 218 valence electrons. The van der Waals surface area contributed by atoms with Crippen molar-refractivity contribution in [2.45, 2.75) is 64.7 Å². The molecule has 0 spiro atoms. The van der Waals surface area contributed by atoms with Gasteiger partial charge >= 0.3 is 0 Å². The van der Waals surface area contributed by atoms with Crippen molar-refractivity contribution in [2.24, 2.45) is 11.8 Å². The van der Waals surface area contributed by atoms with Gasteiger partial charge in [0, 0.05) is 41.8 Å². The van der Waals surface area contributed by atoms with Crippen LogP contribution < -0.4 is 26.0 Å². The second-order valence-corrected chi connectivity index (χ2v) is 10.9. The van der Waals surface area contributed by atoms with Crippen LogP contribution in [0, 0.1) is 30.1 Å². The van der Waals surface area contributed by atoms with Gasteiger partial charge in [-0.3, -0.25) is 19.7 Å². The lowest BCUT2D eigenvalue weighted by molar-refractivity contribution is -0.126. The summed E-state index contributed by atoms with van der Waals surface area (Å²) in [5, 5.41) is 22.7. The number of amides is 3. The number of carbonyl (C=O) groups excluding carboxylic acids is 3. The van der Waals surface area contributed by atoms with Crippen LogP contribution in [0.5, 0.6) is 5.75 Å². The molecular formula is C29H38N8O4. The molecule has 0 bridgehead atoms. The highest BCUT2D eigenvalue weighted by Gasteiger charge is 2.34. The fourth-order valence-corrected chi connectivity index (χ4v) is 5.16. The number of aryl methyl sites for hydroxylation is 1. The van der Waals surface area contributed by atoms with Crippen LogP contribution in [0.4, 0.5) is 0 Å². The molecule has 6 N–H and O–H groups in total. The molecule has 1 saturated heterocycles. The van der Waals surface area contributed by atoms with Crippen molar-refractivity contribution < 1.29 is 19.1 Å². The van der Waals surface area contributed by atoms with Crippen molar-refractivity contribution in [1.82, 2.24) is 36.2 Å². The second kappa shape index (κ2) is 13.3. The van der Waals surface area contributed by atoms with E-state index in [1.165, 1.54) is 0 Å². The van der Waals surface area contributed by atoms with Gasteiger partial charge in [0.15, 0.2) is 0 Å². The lowest BCUT2D eigenvalue weighted by Gasteiger charge is -2.28. The van der Waals surface area contributed by atoms with Gasteiger partial charge in [0.25, 0.3) is 5.91 Å². The van der Waals surface area contributed by atoms with Crippen LogP contribution in [0.2, 0.25) is 0 Å². The monoisotopic (exact) mass is 562 g/mol. The van der Waals surface area contributed by atoms with Gasteiger partial charge in [-0.1, -0.05) is 19.9 Å². The number of benzene rings is 1. The first-order chi connectivity index (χ1) is 19.7. The van der Waals surface area contributed by atoms with E-state index in [4.69, 9.17) is 4.74 Å². The first-order valence-corrected chi connectivity index (χ1v) is 13.9. The van der Waals surface area contributed by atoms with Crippen LogP contribution in [0.25, 0.3) is 10.9 Å². The number of hydrogen-bond acceptors (Lipinski definition) is 7. The molecule has 0 saturated carbocycles. The summed E-state index contributed by atoms with van der Waals surface area (Å²) in [6.45, 7) is 6.66. The van der Waals surface area contributed by atoms with Gasteiger partial charge in [-0.25, -0.2) is 4.98 Å².